The first-order valence-electron chi connectivity index (χ1n) is 24.8. The van der Waals surface area contributed by atoms with Crippen LogP contribution >= 0.6 is 0 Å². The maximum atomic E-state index is 12.6. The molecule has 0 bridgehead atoms. The minimum absolute atomic E-state index is 0.0737. The van der Waals surface area contributed by atoms with Crippen molar-refractivity contribution in [2.45, 2.75) is 108 Å². The normalized spacial score (nSPS) is 24.2. The quantitative estimate of drug-likeness (QED) is 0.0591. The fraction of sp³-hybridized carbons (Fsp3) is 0.311. The van der Waals surface area contributed by atoms with E-state index in [0.29, 0.717) is 13.2 Å². The number of aliphatic hydroxyl groups excluding tert-OH is 1. The first-order valence-corrected chi connectivity index (χ1v) is 24.8. The molecule has 7 aromatic rings. The summed E-state index contributed by atoms with van der Waals surface area (Å²) in [7, 11) is 0. The van der Waals surface area contributed by atoms with Crippen molar-refractivity contribution < 1.29 is 52.5 Å². The highest BCUT2D eigenvalue weighted by Crippen LogP contribution is 2.36. The van der Waals surface area contributed by atoms with Crippen LogP contribution in [0.15, 0.2) is 212 Å². The van der Waals surface area contributed by atoms with Crippen LogP contribution in [0.2, 0.25) is 0 Å². The van der Waals surface area contributed by atoms with E-state index in [4.69, 9.17) is 47.4 Å². The van der Waals surface area contributed by atoms with Crippen LogP contribution in [0.5, 0.6) is 0 Å². The van der Waals surface area contributed by atoms with Crippen molar-refractivity contribution in [2.24, 2.45) is 0 Å². The average Bonchev–Trinajstić information content (AvgIpc) is 3.43. The van der Waals surface area contributed by atoms with Gasteiger partial charge in [-0.3, -0.25) is 0 Å². The van der Waals surface area contributed by atoms with Crippen molar-refractivity contribution in [2.75, 3.05) is 13.2 Å². The van der Waals surface area contributed by atoms with Crippen molar-refractivity contribution >= 4 is 0 Å². The Balaban J connectivity index is 1.07. The Bertz CT molecular complexity index is 2540. The summed E-state index contributed by atoms with van der Waals surface area (Å²) in [5, 5.41) is 12.6. The van der Waals surface area contributed by atoms with Crippen LogP contribution in [0.25, 0.3) is 0 Å². The molecule has 0 unspecified atom stereocenters. The van der Waals surface area contributed by atoms with Crippen molar-refractivity contribution in [1.29, 1.82) is 0 Å². The van der Waals surface area contributed by atoms with Crippen LogP contribution in [0.4, 0.5) is 0 Å². The lowest BCUT2D eigenvalue weighted by atomic mass is 9.96. The van der Waals surface area contributed by atoms with Gasteiger partial charge in [-0.1, -0.05) is 212 Å². The summed E-state index contributed by atoms with van der Waals surface area (Å²) in [6.45, 7) is 1.94. The van der Waals surface area contributed by atoms with E-state index in [2.05, 4.69) is 0 Å². The molecule has 72 heavy (non-hydrogen) atoms. The molecule has 7 aromatic carbocycles. The molecule has 0 spiro atoms. The lowest BCUT2D eigenvalue weighted by Gasteiger charge is -2.49. The van der Waals surface area contributed by atoms with Gasteiger partial charge in [-0.2, -0.15) is 0 Å². The second kappa shape index (κ2) is 27.2. The van der Waals surface area contributed by atoms with Gasteiger partial charge >= 0.3 is 0 Å². The Hall–Kier alpha value is -5.90. The third-order valence-electron chi connectivity index (χ3n) is 12.7. The molecular weight excluding hydrogens is 909 g/mol. The maximum Gasteiger partial charge on any atom is 0.190 e. The topological polar surface area (TPSA) is 113 Å². The fourth-order valence-electron chi connectivity index (χ4n) is 8.91. The summed E-state index contributed by atoms with van der Waals surface area (Å²) >= 11 is 0. The molecule has 2 aliphatic rings. The maximum absolute atomic E-state index is 12.6. The molecule has 2 aliphatic heterocycles. The number of aliphatic hydroxyl groups is 1. The second-order valence-corrected chi connectivity index (χ2v) is 18.0. The minimum atomic E-state index is -1.24. The van der Waals surface area contributed by atoms with Crippen LogP contribution in [0, 0.1) is 0 Å². The smallest absolute Gasteiger partial charge is 0.190 e. The van der Waals surface area contributed by atoms with E-state index in [1.807, 2.05) is 212 Å². The molecule has 2 fully saturated rings. The fourth-order valence-corrected chi connectivity index (χ4v) is 8.91. The van der Waals surface area contributed by atoms with E-state index in [9.17, 15) is 5.11 Å². The van der Waals surface area contributed by atoms with E-state index in [0.717, 1.165) is 38.9 Å². The summed E-state index contributed by atoms with van der Waals surface area (Å²) in [4.78, 5) is 0. The largest absolute Gasteiger partial charge is 0.387 e. The summed E-state index contributed by atoms with van der Waals surface area (Å²) < 4.78 is 68.2. The SMILES string of the molecule is O[C@H]1[C@@H](OCc2ccccc2)[C@@H](COCc2ccccc2)O[C@@H](O[C@H]2O[C@H](COCc3ccccc3)[C@@H](OCc3ccccc3)[C@H](OCc3ccccc3)[C@@H]2OCc2ccccc2)[C@@H]1OCc1ccccc1. The highest BCUT2D eigenvalue weighted by molar-refractivity contribution is 5.19. The molecule has 11 nitrogen and oxygen atoms in total. The zero-order chi connectivity index (χ0) is 49.0. The zero-order valence-corrected chi connectivity index (χ0v) is 40.4. The number of hydrogen-bond acceptors (Lipinski definition) is 11. The Kier molecular flexibility index (Phi) is 19.3. The van der Waals surface area contributed by atoms with Gasteiger partial charge in [0.1, 0.15) is 48.8 Å². The van der Waals surface area contributed by atoms with Gasteiger partial charge in [0.2, 0.25) is 0 Å². The number of ether oxygens (including phenoxy) is 10. The summed E-state index contributed by atoms with van der Waals surface area (Å²) in [5.41, 5.74) is 6.74. The predicted molar refractivity (Wildman–Crippen MR) is 272 cm³/mol. The third kappa shape index (κ3) is 14.8. The van der Waals surface area contributed by atoms with Gasteiger partial charge in [-0.15, -0.1) is 0 Å². The number of benzene rings is 7. The molecule has 0 aliphatic carbocycles. The Morgan fingerprint density at radius 2 is 0.556 bits per heavy atom. The van der Waals surface area contributed by atoms with Gasteiger partial charge in [-0.25, -0.2) is 0 Å². The predicted octanol–water partition coefficient (Wildman–Crippen LogP) is 10.2. The highest BCUT2D eigenvalue weighted by Gasteiger charge is 2.53. The number of hydrogen-bond donors (Lipinski definition) is 1. The van der Waals surface area contributed by atoms with Crippen LogP contribution in [-0.4, -0.2) is 79.7 Å². The first kappa shape index (κ1) is 51.0. The molecule has 2 saturated heterocycles. The molecule has 2 heterocycles. The highest BCUT2D eigenvalue weighted by atomic mass is 16.8. The zero-order valence-electron chi connectivity index (χ0n) is 40.4. The Morgan fingerprint density at radius 3 is 0.917 bits per heavy atom. The molecule has 10 atom stereocenters. The summed E-state index contributed by atoms with van der Waals surface area (Å²) in [6.07, 6.45) is -9.50. The van der Waals surface area contributed by atoms with Crippen molar-refractivity contribution in [3.05, 3.63) is 251 Å². The van der Waals surface area contributed by atoms with Gasteiger partial charge in [0.15, 0.2) is 12.6 Å². The lowest BCUT2D eigenvalue weighted by molar-refractivity contribution is -0.392. The lowest BCUT2D eigenvalue weighted by Crippen LogP contribution is -2.65. The van der Waals surface area contributed by atoms with E-state index in [1.54, 1.807) is 0 Å². The molecule has 0 aromatic heterocycles. The molecule has 1 N–H and O–H groups in total. The molecular formula is C61H64O11. The molecule has 0 amide bonds. The Morgan fingerprint density at radius 1 is 0.292 bits per heavy atom. The average molecular weight is 973 g/mol. The molecule has 374 valence electrons. The van der Waals surface area contributed by atoms with Crippen LogP contribution in [0.1, 0.15) is 38.9 Å². The van der Waals surface area contributed by atoms with Crippen molar-refractivity contribution in [3.8, 4) is 0 Å². The second-order valence-electron chi connectivity index (χ2n) is 18.0. The van der Waals surface area contributed by atoms with Gasteiger partial charge in [0, 0.05) is 0 Å². The van der Waals surface area contributed by atoms with E-state index in [1.165, 1.54) is 0 Å². The van der Waals surface area contributed by atoms with Crippen molar-refractivity contribution in [1.82, 2.24) is 0 Å². The van der Waals surface area contributed by atoms with Gasteiger partial charge < -0.3 is 52.5 Å². The van der Waals surface area contributed by atoms with Gasteiger partial charge in [0.25, 0.3) is 0 Å². The van der Waals surface area contributed by atoms with E-state index < -0.39 is 61.4 Å². The van der Waals surface area contributed by atoms with E-state index in [-0.39, 0.29) is 46.2 Å². The third-order valence-corrected chi connectivity index (χ3v) is 12.7. The molecule has 0 radical (unpaired) electrons. The minimum Gasteiger partial charge on any atom is -0.387 e. The van der Waals surface area contributed by atoms with E-state index >= 15 is 0 Å². The molecule has 9 rings (SSSR count). The van der Waals surface area contributed by atoms with Gasteiger partial charge in [-0.05, 0) is 38.9 Å². The van der Waals surface area contributed by atoms with Crippen LogP contribution in [0.3, 0.4) is 0 Å². The van der Waals surface area contributed by atoms with Crippen LogP contribution in [-0.2, 0) is 93.6 Å². The monoisotopic (exact) mass is 972 g/mol. The summed E-state index contributed by atoms with van der Waals surface area (Å²) in [5.74, 6) is 0. The Labute approximate surface area is 423 Å². The molecule has 0 saturated carbocycles. The first-order chi connectivity index (χ1) is 35.6. The standard InChI is InChI=1S/C61H64O11/c62-54-55(65-38-47-26-12-3-13-27-47)52(43-63-36-45-22-8-1-9-23-45)70-60(57(54)67-40-49-30-16-5-17-31-49)72-61-59(69-42-51-34-20-7-21-35-51)58(68-41-50-32-18-6-19-33-50)56(66-39-48-28-14-4-15-29-48)53(71-61)44-64-37-46-24-10-2-11-25-46/h1-35,52-62H,36-44H2/t52-,53-,54+,55+,56-,57-,58+,59+,60+,61-/m1/s1. The number of rotatable bonds is 25. The van der Waals surface area contributed by atoms with Crippen LogP contribution < -0.4 is 0 Å². The van der Waals surface area contributed by atoms with Crippen molar-refractivity contribution in [3.63, 3.8) is 0 Å². The molecule has 11 heteroatoms. The summed E-state index contributed by atoms with van der Waals surface area (Å²) in [6, 6.07) is 69.5. The van der Waals surface area contributed by atoms with Gasteiger partial charge in [0.05, 0.1) is 59.5 Å².